The highest BCUT2D eigenvalue weighted by atomic mass is 16.5. The van der Waals surface area contributed by atoms with E-state index in [0.717, 1.165) is 39.1 Å². The second kappa shape index (κ2) is 7.54. The highest BCUT2D eigenvalue weighted by Crippen LogP contribution is 2.12. The van der Waals surface area contributed by atoms with E-state index < -0.39 is 0 Å². The van der Waals surface area contributed by atoms with Crippen molar-refractivity contribution in [2.75, 3.05) is 19.8 Å². The van der Waals surface area contributed by atoms with Crippen molar-refractivity contribution in [1.82, 2.24) is 15.1 Å². The van der Waals surface area contributed by atoms with Gasteiger partial charge in [-0.25, -0.2) is 0 Å². The highest BCUT2D eigenvalue weighted by Gasteiger charge is 2.13. The second-order valence-electron chi connectivity index (χ2n) is 5.61. The Kier molecular flexibility index (Phi) is 6.36. The summed E-state index contributed by atoms with van der Waals surface area (Å²) in [7, 11) is 0. The summed E-state index contributed by atoms with van der Waals surface area (Å²) >= 11 is 0. The van der Waals surface area contributed by atoms with Crippen LogP contribution in [-0.2, 0) is 16.8 Å². The molecule has 4 nitrogen and oxygen atoms in total. The topological polar surface area (TPSA) is 39.1 Å². The van der Waals surface area contributed by atoms with Gasteiger partial charge in [-0.2, -0.15) is 5.10 Å². The van der Waals surface area contributed by atoms with E-state index in [9.17, 15) is 0 Å². The average molecular weight is 253 g/mol. The second-order valence-corrected chi connectivity index (χ2v) is 5.61. The normalized spacial score (nSPS) is 12.0. The molecule has 1 rings (SSSR count). The van der Waals surface area contributed by atoms with E-state index in [0.29, 0.717) is 0 Å². The van der Waals surface area contributed by atoms with Gasteiger partial charge in [0.1, 0.15) is 0 Å². The molecule has 0 saturated carbocycles. The molecule has 1 heterocycles. The molecule has 0 unspecified atom stereocenters. The van der Waals surface area contributed by atoms with Crippen LogP contribution in [0, 0.1) is 0 Å². The van der Waals surface area contributed by atoms with Crippen LogP contribution in [0.25, 0.3) is 0 Å². The van der Waals surface area contributed by atoms with E-state index >= 15 is 0 Å². The number of hydrogen-bond donors (Lipinski definition) is 1. The quantitative estimate of drug-likeness (QED) is 0.724. The van der Waals surface area contributed by atoms with E-state index in [1.165, 1.54) is 5.56 Å². The molecule has 0 aliphatic carbocycles. The van der Waals surface area contributed by atoms with Crippen molar-refractivity contribution in [2.24, 2.45) is 0 Å². The van der Waals surface area contributed by atoms with E-state index in [1.54, 1.807) is 0 Å². The Hall–Kier alpha value is -0.870. The minimum atomic E-state index is 0.0617. The van der Waals surface area contributed by atoms with Crippen molar-refractivity contribution in [1.29, 1.82) is 0 Å². The minimum absolute atomic E-state index is 0.0617. The van der Waals surface area contributed by atoms with Crippen molar-refractivity contribution < 1.29 is 4.74 Å². The van der Waals surface area contributed by atoms with Crippen molar-refractivity contribution in [3.63, 3.8) is 0 Å². The summed E-state index contributed by atoms with van der Waals surface area (Å²) in [4.78, 5) is 0. The van der Waals surface area contributed by atoms with Gasteiger partial charge >= 0.3 is 0 Å². The Balaban J connectivity index is 2.14. The smallest absolute Gasteiger partial charge is 0.0543 e. The first kappa shape index (κ1) is 15.2. The maximum atomic E-state index is 5.43. The van der Waals surface area contributed by atoms with Crippen molar-refractivity contribution >= 4 is 0 Å². The Morgan fingerprint density at radius 1 is 1.33 bits per heavy atom. The molecule has 1 aromatic rings. The number of rotatable bonds is 8. The van der Waals surface area contributed by atoms with Crippen LogP contribution in [0.3, 0.4) is 0 Å². The molecule has 0 amide bonds. The van der Waals surface area contributed by atoms with Gasteiger partial charge in [0.05, 0.1) is 11.7 Å². The SMILES string of the molecule is CCCOCCCNCc1cnn(C(C)(C)C)c1. The van der Waals surface area contributed by atoms with Gasteiger partial charge in [0.15, 0.2) is 0 Å². The van der Waals surface area contributed by atoms with Crippen LogP contribution in [0.2, 0.25) is 0 Å². The van der Waals surface area contributed by atoms with Crippen LogP contribution in [0.15, 0.2) is 12.4 Å². The summed E-state index contributed by atoms with van der Waals surface area (Å²) in [6.07, 6.45) is 6.21. The van der Waals surface area contributed by atoms with Gasteiger partial charge in [-0.15, -0.1) is 0 Å². The predicted octanol–water partition coefficient (Wildman–Crippen LogP) is 2.54. The Labute approximate surface area is 111 Å². The summed E-state index contributed by atoms with van der Waals surface area (Å²) in [5.74, 6) is 0. The number of nitrogens with zero attached hydrogens (tertiary/aromatic N) is 2. The molecule has 4 heteroatoms. The molecule has 0 spiro atoms. The molecule has 0 saturated heterocycles. The summed E-state index contributed by atoms with van der Waals surface area (Å²) in [5, 5.41) is 7.79. The first-order chi connectivity index (χ1) is 8.54. The largest absolute Gasteiger partial charge is 0.381 e. The van der Waals surface area contributed by atoms with Crippen LogP contribution in [-0.4, -0.2) is 29.5 Å². The maximum absolute atomic E-state index is 5.43. The van der Waals surface area contributed by atoms with Gasteiger partial charge in [-0.3, -0.25) is 4.68 Å². The predicted molar refractivity (Wildman–Crippen MR) is 74.7 cm³/mol. The number of ether oxygens (including phenoxy) is 1. The Morgan fingerprint density at radius 2 is 2.11 bits per heavy atom. The molecule has 0 aliphatic heterocycles. The first-order valence-corrected chi connectivity index (χ1v) is 6.86. The molecule has 1 aromatic heterocycles. The van der Waals surface area contributed by atoms with Crippen molar-refractivity contribution in [2.45, 2.75) is 52.6 Å². The minimum Gasteiger partial charge on any atom is -0.381 e. The summed E-state index contributed by atoms with van der Waals surface area (Å²) in [5.41, 5.74) is 1.30. The summed E-state index contributed by atoms with van der Waals surface area (Å²) in [6.45, 7) is 12.2. The van der Waals surface area contributed by atoms with E-state index in [-0.39, 0.29) is 5.54 Å². The molecule has 0 fully saturated rings. The van der Waals surface area contributed by atoms with Crippen LogP contribution >= 0.6 is 0 Å². The zero-order valence-corrected chi connectivity index (χ0v) is 12.2. The zero-order valence-electron chi connectivity index (χ0n) is 12.2. The third kappa shape index (κ3) is 5.65. The fourth-order valence-corrected chi connectivity index (χ4v) is 1.60. The molecule has 0 atom stereocenters. The first-order valence-electron chi connectivity index (χ1n) is 6.86. The van der Waals surface area contributed by atoms with Crippen molar-refractivity contribution in [3.05, 3.63) is 18.0 Å². The van der Waals surface area contributed by atoms with E-state index in [2.05, 4.69) is 44.3 Å². The number of aromatic nitrogens is 2. The van der Waals surface area contributed by atoms with Crippen LogP contribution in [0.1, 0.15) is 46.1 Å². The fourth-order valence-electron chi connectivity index (χ4n) is 1.60. The third-order valence-electron chi connectivity index (χ3n) is 2.64. The fraction of sp³-hybridized carbons (Fsp3) is 0.786. The molecule has 0 aliphatic rings. The molecule has 0 radical (unpaired) electrons. The lowest BCUT2D eigenvalue weighted by atomic mass is 10.1. The van der Waals surface area contributed by atoms with Crippen LogP contribution in [0.4, 0.5) is 0 Å². The highest BCUT2D eigenvalue weighted by molar-refractivity contribution is 5.04. The zero-order chi connectivity index (χ0) is 13.4. The lowest BCUT2D eigenvalue weighted by molar-refractivity contribution is 0.132. The Morgan fingerprint density at radius 3 is 2.72 bits per heavy atom. The molecular formula is C14H27N3O. The van der Waals surface area contributed by atoms with Gasteiger partial charge < -0.3 is 10.1 Å². The number of nitrogens with one attached hydrogen (secondary N) is 1. The molecular weight excluding hydrogens is 226 g/mol. The maximum Gasteiger partial charge on any atom is 0.0543 e. The van der Waals surface area contributed by atoms with Gasteiger partial charge in [0, 0.05) is 31.5 Å². The molecule has 0 bridgehead atoms. The lowest BCUT2D eigenvalue weighted by Crippen LogP contribution is -2.22. The van der Waals surface area contributed by atoms with Crippen molar-refractivity contribution in [3.8, 4) is 0 Å². The van der Waals surface area contributed by atoms with Gasteiger partial charge in [-0.05, 0) is 40.2 Å². The van der Waals surface area contributed by atoms with E-state index in [1.807, 2.05) is 10.9 Å². The van der Waals surface area contributed by atoms with Crippen LogP contribution in [0.5, 0.6) is 0 Å². The summed E-state index contributed by atoms with van der Waals surface area (Å²) < 4.78 is 7.44. The summed E-state index contributed by atoms with van der Waals surface area (Å²) in [6, 6.07) is 0. The Bertz CT molecular complexity index is 328. The molecule has 0 aromatic carbocycles. The molecule has 1 N–H and O–H groups in total. The van der Waals surface area contributed by atoms with Crippen LogP contribution < -0.4 is 5.32 Å². The monoisotopic (exact) mass is 253 g/mol. The van der Waals surface area contributed by atoms with E-state index in [4.69, 9.17) is 4.74 Å². The standard InChI is InChI=1S/C14H27N3O/c1-5-8-18-9-6-7-15-10-13-11-16-17(12-13)14(2,3)4/h11-12,15H,5-10H2,1-4H3. The average Bonchev–Trinajstić information content (AvgIpc) is 2.76. The molecule has 104 valence electrons. The lowest BCUT2D eigenvalue weighted by Gasteiger charge is -2.18. The third-order valence-corrected chi connectivity index (χ3v) is 2.64. The van der Waals surface area contributed by atoms with Gasteiger partial charge in [0.2, 0.25) is 0 Å². The number of hydrogen-bond acceptors (Lipinski definition) is 3. The molecule has 18 heavy (non-hydrogen) atoms. The van der Waals surface area contributed by atoms with Gasteiger partial charge in [0.25, 0.3) is 0 Å². The van der Waals surface area contributed by atoms with Gasteiger partial charge in [-0.1, -0.05) is 6.92 Å².